The van der Waals surface area contributed by atoms with E-state index in [-0.39, 0.29) is 6.03 Å². The molecular formula is C17H29N3OS. The first kappa shape index (κ1) is 18.8. The minimum absolute atomic E-state index is 0.0408. The highest BCUT2D eigenvalue weighted by Gasteiger charge is 2.10. The SMILES string of the molecule is CCN(CC)C(=O)Nc1ccc(C(C)NCCCSC)cc1. The monoisotopic (exact) mass is 323 g/mol. The van der Waals surface area contributed by atoms with E-state index < -0.39 is 0 Å². The summed E-state index contributed by atoms with van der Waals surface area (Å²) in [5.41, 5.74) is 2.08. The van der Waals surface area contributed by atoms with E-state index in [4.69, 9.17) is 0 Å². The number of benzene rings is 1. The highest BCUT2D eigenvalue weighted by molar-refractivity contribution is 7.98. The zero-order valence-corrected chi connectivity index (χ0v) is 15.0. The molecule has 1 aromatic carbocycles. The van der Waals surface area contributed by atoms with Crippen LogP contribution in [0.15, 0.2) is 24.3 Å². The van der Waals surface area contributed by atoms with Gasteiger partial charge in [-0.25, -0.2) is 4.79 Å². The van der Waals surface area contributed by atoms with Gasteiger partial charge < -0.3 is 15.5 Å². The maximum atomic E-state index is 12.0. The number of hydrogen-bond donors (Lipinski definition) is 2. The molecule has 2 amide bonds. The number of carbonyl (C=O) groups excluding carboxylic acids is 1. The van der Waals surface area contributed by atoms with Crippen LogP contribution >= 0.6 is 11.8 Å². The summed E-state index contributed by atoms with van der Waals surface area (Å²) in [6, 6.07) is 8.37. The topological polar surface area (TPSA) is 44.4 Å². The van der Waals surface area contributed by atoms with Crippen molar-refractivity contribution in [3.05, 3.63) is 29.8 Å². The van der Waals surface area contributed by atoms with Gasteiger partial charge in [-0.15, -0.1) is 0 Å². The normalized spacial score (nSPS) is 12.0. The molecule has 124 valence electrons. The molecule has 0 spiro atoms. The zero-order chi connectivity index (χ0) is 16.4. The van der Waals surface area contributed by atoms with Gasteiger partial charge in [-0.2, -0.15) is 11.8 Å². The number of rotatable bonds is 9. The van der Waals surface area contributed by atoms with Crippen LogP contribution in [0.5, 0.6) is 0 Å². The summed E-state index contributed by atoms with van der Waals surface area (Å²) in [5.74, 6) is 1.19. The van der Waals surface area contributed by atoms with Gasteiger partial charge in [0.15, 0.2) is 0 Å². The lowest BCUT2D eigenvalue weighted by Crippen LogP contribution is -2.34. The molecule has 0 saturated carbocycles. The van der Waals surface area contributed by atoms with Crippen molar-refractivity contribution in [2.24, 2.45) is 0 Å². The molecule has 0 radical (unpaired) electrons. The molecule has 0 aliphatic rings. The van der Waals surface area contributed by atoms with E-state index in [0.29, 0.717) is 6.04 Å². The first-order valence-corrected chi connectivity index (χ1v) is 9.39. The van der Waals surface area contributed by atoms with Crippen molar-refractivity contribution < 1.29 is 4.79 Å². The van der Waals surface area contributed by atoms with E-state index in [2.05, 4.69) is 35.9 Å². The molecule has 1 atom stereocenters. The maximum Gasteiger partial charge on any atom is 0.321 e. The van der Waals surface area contributed by atoms with E-state index in [1.54, 1.807) is 4.90 Å². The number of nitrogens with one attached hydrogen (secondary N) is 2. The molecule has 0 bridgehead atoms. The van der Waals surface area contributed by atoms with Crippen LogP contribution in [0.4, 0.5) is 10.5 Å². The summed E-state index contributed by atoms with van der Waals surface area (Å²) in [4.78, 5) is 13.8. The van der Waals surface area contributed by atoms with E-state index in [9.17, 15) is 4.79 Å². The molecule has 0 aliphatic heterocycles. The zero-order valence-electron chi connectivity index (χ0n) is 14.2. The number of hydrogen-bond acceptors (Lipinski definition) is 3. The number of carbonyl (C=O) groups is 1. The number of amides is 2. The lowest BCUT2D eigenvalue weighted by atomic mass is 10.1. The summed E-state index contributed by atoms with van der Waals surface area (Å²) in [6.07, 6.45) is 3.32. The van der Waals surface area contributed by atoms with Gasteiger partial charge in [-0.1, -0.05) is 12.1 Å². The lowest BCUT2D eigenvalue weighted by Gasteiger charge is -2.19. The highest BCUT2D eigenvalue weighted by atomic mass is 32.2. The van der Waals surface area contributed by atoms with Crippen molar-refractivity contribution in [2.75, 3.05) is 37.0 Å². The summed E-state index contributed by atoms with van der Waals surface area (Å²) < 4.78 is 0. The van der Waals surface area contributed by atoms with Crippen LogP contribution in [0.25, 0.3) is 0 Å². The van der Waals surface area contributed by atoms with Gasteiger partial charge in [0.05, 0.1) is 0 Å². The molecule has 22 heavy (non-hydrogen) atoms. The Labute approximate surface area is 139 Å². The average Bonchev–Trinajstić information content (AvgIpc) is 2.53. The number of nitrogens with zero attached hydrogens (tertiary/aromatic N) is 1. The minimum Gasteiger partial charge on any atom is -0.325 e. The Bertz CT molecular complexity index is 432. The van der Waals surface area contributed by atoms with Crippen LogP contribution in [0.2, 0.25) is 0 Å². The number of urea groups is 1. The van der Waals surface area contributed by atoms with Gasteiger partial charge in [-0.05, 0) is 63.4 Å². The first-order chi connectivity index (χ1) is 10.6. The summed E-state index contributed by atoms with van der Waals surface area (Å²) in [5, 5.41) is 6.46. The fraction of sp³-hybridized carbons (Fsp3) is 0.588. The maximum absolute atomic E-state index is 12.0. The standard InChI is InChI=1S/C17H29N3OS/c1-5-20(6-2)17(21)19-16-10-8-15(9-11-16)14(3)18-12-7-13-22-4/h8-11,14,18H,5-7,12-13H2,1-4H3,(H,19,21). The molecule has 1 aromatic rings. The first-order valence-electron chi connectivity index (χ1n) is 8.00. The van der Waals surface area contributed by atoms with Gasteiger partial charge in [0.2, 0.25) is 0 Å². The Morgan fingerprint density at radius 1 is 1.23 bits per heavy atom. The molecule has 0 saturated heterocycles. The third-order valence-corrected chi connectivity index (χ3v) is 4.39. The molecule has 5 heteroatoms. The van der Waals surface area contributed by atoms with Gasteiger partial charge in [0.1, 0.15) is 0 Å². The van der Waals surface area contributed by atoms with Crippen LogP contribution in [-0.4, -0.2) is 42.6 Å². The van der Waals surface area contributed by atoms with Crippen molar-refractivity contribution in [1.29, 1.82) is 0 Å². The van der Waals surface area contributed by atoms with Gasteiger partial charge in [0, 0.05) is 24.8 Å². The van der Waals surface area contributed by atoms with Crippen LogP contribution in [-0.2, 0) is 0 Å². The van der Waals surface area contributed by atoms with Crippen LogP contribution in [0, 0.1) is 0 Å². The van der Waals surface area contributed by atoms with Crippen molar-refractivity contribution in [3.8, 4) is 0 Å². The Balaban J connectivity index is 2.50. The summed E-state index contributed by atoms with van der Waals surface area (Å²) in [6.45, 7) is 8.60. The van der Waals surface area contributed by atoms with Crippen molar-refractivity contribution >= 4 is 23.5 Å². The molecular weight excluding hydrogens is 294 g/mol. The molecule has 1 unspecified atom stereocenters. The summed E-state index contributed by atoms with van der Waals surface area (Å²) in [7, 11) is 0. The molecule has 0 heterocycles. The van der Waals surface area contributed by atoms with E-state index in [1.807, 2.05) is 37.7 Å². The van der Waals surface area contributed by atoms with Crippen LogP contribution in [0.3, 0.4) is 0 Å². The molecule has 0 aliphatic carbocycles. The lowest BCUT2D eigenvalue weighted by molar-refractivity contribution is 0.217. The Hall–Kier alpha value is -1.20. The predicted molar refractivity (Wildman–Crippen MR) is 97.8 cm³/mol. The number of thioether (sulfide) groups is 1. The molecule has 0 fully saturated rings. The average molecular weight is 324 g/mol. The van der Waals surface area contributed by atoms with Gasteiger partial charge >= 0.3 is 6.03 Å². The fourth-order valence-corrected chi connectivity index (χ4v) is 2.65. The van der Waals surface area contributed by atoms with Gasteiger partial charge in [-0.3, -0.25) is 0 Å². The predicted octanol–water partition coefficient (Wildman–Crippen LogP) is 3.96. The van der Waals surface area contributed by atoms with Crippen LogP contribution in [0.1, 0.15) is 38.8 Å². The smallest absolute Gasteiger partial charge is 0.321 e. The quantitative estimate of drug-likeness (QED) is 0.676. The molecule has 2 N–H and O–H groups in total. The van der Waals surface area contributed by atoms with Crippen molar-refractivity contribution in [3.63, 3.8) is 0 Å². The van der Waals surface area contributed by atoms with Crippen molar-refractivity contribution in [1.82, 2.24) is 10.2 Å². The molecule has 4 nitrogen and oxygen atoms in total. The van der Waals surface area contributed by atoms with Crippen LogP contribution < -0.4 is 10.6 Å². The highest BCUT2D eigenvalue weighted by Crippen LogP contribution is 2.16. The Kier molecular flexibility index (Phi) is 9.01. The Morgan fingerprint density at radius 2 is 1.86 bits per heavy atom. The van der Waals surface area contributed by atoms with Gasteiger partial charge in [0.25, 0.3) is 0 Å². The third-order valence-electron chi connectivity index (χ3n) is 3.69. The molecule has 0 aromatic heterocycles. The summed E-state index contributed by atoms with van der Waals surface area (Å²) >= 11 is 1.88. The second-order valence-corrected chi connectivity index (χ2v) is 6.23. The van der Waals surface area contributed by atoms with E-state index in [1.165, 1.54) is 17.7 Å². The van der Waals surface area contributed by atoms with E-state index >= 15 is 0 Å². The second kappa shape index (κ2) is 10.5. The van der Waals surface area contributed by atoms with E-state index in [0.717, 1.165) is 25.3 Å². The fourth-order valence-electron chi connectivity index (χ4n) is 2.22. The molecule has 1 rings (SSSR count). The van der Waals surface area contributed by atoms with Crippen molar-refractivity contribution in [2.45, 2.75) is 33.2 Å². The number of anilines is 1. The largest absolute Gasteiger partial charge is 0.325 e. The third kappa shape index (κ3) is 6.28. The Morgan fingerprint density at radius 3 is 2.41 bits per heavy atom. The minimum atomic E-state index is -0.0408. The second-order valence-electron chi connectivity index (χ2n) is 5.25.